The Balaban J connectivity index is 3.30. The van der Waals surface area contributed by atoms with E-state index in [9.17, 15) is 0 Å². The lowest BCUT2D eigenvalue weighted by atomic mass is 10.2. The van der Waals surface area contributed by atoms with E-state index in [1.165, 1.54) is 0 Å². The van der Waals surface area contributed by atoms with Gasteiger partial charge >= 0.3 is 0 Å². The van der Waals surface area contributed by atoms with E-state index in [1.54, 1.807) is 0 Å². The van der Waals surface area contributed by atoms with Crippen molar-refractivity contribution in [3.05, 3.63) is 0 Å². The third-order valence-corrected chi connectivity index (χ3v) is 1.60. The summed E-state index contributed by atoms with van der Waals surface area (Å²) in [5.41, 5.74) is 0. The highest BCUT2D eigenvalue weighted by Gasteiger charge is 2.02. The van der Waals surface area contributed by atoms with E-state index in [1.807, 2.05) is 0 Å². The molecule has 0 rings (SSSR count). The van der Waals surface area contributed by atoms with Crippen LogP contribution in [0.25, 0.3) is 0 Å². The van der Waals surface area contributed by atoms with Crippen LogP contribution in [0.5, 0.6) is 0 Å². The molecule has 1 unspecified atom stereocenters. The third-order valence-electron chi connectivity index (χ3n) is 1.60. The van der Waals surface area contributed by atoms with Crippen LogP contribution in [0.4, 0.5) is 0 Å². The van der Waals surface area contributed by atoms with Crippen LogP contribution >= 0.6 is 0 Å². The molecule has 0 saturated heterocycles. The molecule has 0 spiro atoms. The van der Waals surface area contributed by atoms with Crippen LogP contribution < -0.4 is 5.32 Å². The highest BCUT2D eigenvalue weighted by atomic mass is 15.2. The number of nitrogens with zero attached hydrogens (tertiary/aromatic N) is 1. The zero-order chi connectivity index (χ0) is 8.15. The molecule has 0 aliphatic carbocycles. The Morgan fingerprint density at radius 1 is 1.20 bits per heavy atom. The van der Waals surface area contributed by atoms with E-state index in [2.05, 4.69) is 45.1 Å². The van der Waals surface area contributed by atoms with Crippen LogP contribution in [0, 0.1) is 5.92 Å². The molecule has 0 amide bonds. The van der Waals surface area contributed by atoms with Crippen molar-refractivity contribution in [3.63, 3.8) is 0 Å². The summed E-state index contributed by atoms with van der Waals surface area (Å²) in [6, 6.07) is 0. The van der Waals surface area contributed by atoms with Gasteiger partial charge in [-0.25, -0.2) is 0 Å². The molecule has 10 heavy (non-hydrogen) atoms. The minimum Gasteiger partial charge on any atom is -0.302 e. The van der Waals surface area contributed by atoms with Gasteiger partial charge < -0.3 is 5.32 Å². The fraction of sp³-hybridized carbons (Fsp3) is 1.00. The zero-order valence-corrected chi connectivity index (χ0v) is 7.81. The number of rotatable bonds is 4. The van der Waals surface area contributed by atoms with Crippen molar-refractivity contribution in [2.75, 3.05) is 20.6 Å². The largest absolute Gasteiger partial charge is 0.302 e. The van der Waals surface area contributed by atoms with E-state index in [0.717, 1.165) is 12.5 Å². The van der Waals surface area contributed by atoms with Gasteiger partial charge in [-0.2, -0.15) is 0 Å². The first-order valence-corrected chi connectivity index (χ1v) is 3.94. The van der Waals surface area contributed by atoms with Gasteiger partial charge in [0.15, 0.2) is 0 Å². The molecule has 0 radical (unpaired) electrons. The van der Waals surface area contributed by atoms with Crippen molar-refractivity contribution in [2.24, 2.45) is 5.92 Å². The van der Waals surface area contributed by atoms with Crippen molar-refractivity contribution in [1.82, 2.24) is 10.2 Å². The monoisotopic (exact) mass is 144 g/mol. The molecule has 0 aromatic heterocycles. The number of hydrogen-bond donors (Lipinski definition) is 1. The minimum atomic E-state index is 0.488. The van der Waals surface area contributed by atoms with Crippen LogP contribution in [0.1, 0.15) is 20.8 Å². The van der Waals surface area contributed by atoms with Crippen LogP contribution in [-0.2, 0) is 0 Å². The standard InChI is InChI=1S/C8H20N2/c1-7(2)6-9-8(3)10(4)5/h7-9H,6H2,1-5H3. The molecule has 0 aliphatic rings. The maximum atomic E-state index is 3.41. The Kier molecular flexibility index (Phi) is 4.65. The first-order valence-electron chi connectivity index (χ1n) is 3.94. The van der Waals surface area contributed by atoms with Crippen molar-refractivity contribution >= 4 is 0 Å². The smallest absolute Gasteiger partial charge is 0.0562 e. The molecule has 0 bridgehead atoms. The van der Waals surface area contributed by atoms with E-state index in [4.69, 9.17) is 0 Å². The fourth-order valence-corrected chi connectivity index (χ4v) is 0.589. The summed E-state index contributed by atoms with van der Waals surface area (Å²) in [5, 5.41) is 3.41. The number of hydrogen-bond acceptors (Lipinski definition) is 2. The van der Waals surface area contributed by atoms with Gasteiger partial charge in [-0.1, -0.05) is 13.8 Å². The average Bonchev–Trinajstić information content (AvgIpc) is 1.82. The maximum absolute atomic E-state index is 3.41. The van der Waals surface area contributed by atoms with Crippen LogP contribution in [0.2, 0.25) is 0 Å². The Morgan fingerprint density at radius 3 is 2.00 bits per heavy atom. The highest BCUT2D eigenvalue weighted by Crippen LogP contribution is 1.91. The van der Waals surface area contributed by atoms with Crippen molar-refractivity contribution in [1.29, 1.82) is 0 Å². The molecular formula is C8H20N2. The van der Waals surface area contributed by atoms with Gasteiger partial charge in [-0.05, 0) is 33.5 Å². The highest BCUT2D eigenvalue weighted by molar-refractivity contribution is 4.57. The van der Waals surface area contributed by atoms with E-state index in [0.29, 0.717) is 6.17 Å². The average molecular weight is 144 g/mol. The summed E-state index contributed by atoms with van der Waals surface area (Å²) >= 11 is 0. The van der Waals surface area contributed by atoms with Gasteiger partial charge in [-0.3, -0.25) is 4.90 Å². The molecule has 0 aromatic carbocycles. The predicted molar refractivity (Wildman–Crippen MR) is 46.0 cm³/mol. The molecule has 0 fully saturated rings. The van der Waals surface area contributed by atoms with E-state index < -0.39 is 0 Å². The SMILES string of the molecule is CC(C)CNC(C)N(C)C. The molecule has 1 N–H and O–H groups in total. The molecule has 0 aromatic rings. The van der Waals surface area contributed by atoms with Gasteiger partial charge in [-0.15, -0.1) is 0 Å². The molecule has 62 valence electrons. The summed E-state index contributed by atoms with van der Waals surface area (Å²) < 4.78 is 0. The Bertz CT molecular complexity index is 79.3. The van der Waals surface area contributed by atoms with E-state index in [-0.39, 0.29) is 0 Å². The van der Waals surface area contributed by atoms with Gasteiger partial charge in [0.25, 0.3) is 0 Å². The van der Waals surface area contributed by atoms with E-state index >= 15 is 0 Å². The van der Waals surface area contributed by atoms with Crippen LogP contribution in [-0.4, -0.2) is 31.7 Å². The summed E-state index contributed by atoms with van der Waals surface area (Å²) in [6.45, 7) is 7.70. The Labute approximate surface area is 64.6 Å². The summed E-state index contributed by atoms with van der Waals surface area (Å²) in [4.78, 5) is 2.17. The molecule has 0 saturated carbocycles. The minimum absolute atomic E-state index is 0.488. The first-order chi connectivity index (χ1) is 4.54. The second-order valence-electron chi connectivity index (χ2n) is 3.44. The second-order valence-corrected chi connectivity index (χ2v) is 3.44. The quantitative estimate of drug-likeness (QED) is 0.595. The van der Waals surface area contributed by atoms with Gasteiger partial charge in [0, 0.05) is 0 Å². The molecule has 1 atom stereocenters. The maximum Gasteiger partial charge on any atom is 0.0562 e. The Morgan fingerprint density at radius 2 is 1.70 bits per heavy atom. The van der Waals surface area contributed by atoms with Gasteiger partial charge in [0.2, 0.25) is 0 Å². The second kappa shape index (κ2) is 4.69. The summed E-state index contributed by atoms with van der Waals surface area (Å²) in [7, 11) is 4.16. The fourth-order valence-electron chi connectivity index (χ4n) is 0.589. The van der Waals surface area contributed by atoms with Crippen LogP contribution in [0.3, 0.4) is 0 Å². The topological polar surface area (TPSA) is 15.3 Å². The number of nitrogens with one attached hydrogen (secondary N) is 1. The summed E-state index contributed by atoms with van der Waals surface area (Å²) in [5.74, 6) is 0.738. The van der Waals surface area contributed by atoms with Crippen molar-refractivity contribution < 1.29 is 0 Å². The van der Waals surface area contributed by atoms with Gasteiger partial charge in [0.05, 0.1) is 6.17 Å². The molecule has 0 aliphatic heterocycles. The molecule has 2 nitrogen and oxygen atoms in total. The van der Waals surface area contributed by atoms with Gasteiger partial charge in [0.1, 0.15) is 0 Å². The lowest BCUT2D eigenvalue weighted by molar-refractivity contribution is 0.258. The lowest BCUT2D eigenvalue weighted by Crippen LogP contribution is -2.40. The first kappa shape index (κ1) is 9.92. The summed E-state index contributed by atoms with van der Waals surface area (Å²) in [6.07, 6.45) is 0.488. The molecular weight excluding hydrogens is 124 g/mol. The molecule has 0 heterocycles. The lowest BCUT2D eigenvalue weighted by Gasteiger charge is -2.21. The van der Waals surface area contributed by atoms with Crippen LogP contribution in [0.15, 0.2) is 0 Å². The normalized spacial score (nSPS) is 14.7. The Hall–Kier alpha value is -0.0800. The third kappa shape index (κ3) is 4.77. The van der Waals surface area contributed by atoms with Crippen molar-refractivity contribution in [2.45, 2.75) is 26.9 Å². The van der Waals surface area contributed by atoms with Crippen molar-refractivity contribution in [3.8, 4) is 0 Å². The predicted octanol–water partition coefficient (Wildman–Crippen LogP) is 1.14. The zero-order valence-electron chi connectivity index (χ0n) is 7.81. The molecule has 2 heteroatoms.